The molecule has 0 atom stereocenters. The van der Waals surface area contributed by atoms with Crippen molar-refractivity contribution in [3.05, 3.63) is 66.7 Å². The average molecular weight is 402 g/mol. The molecule has 0 saturated carbocycles. The molecular weight excluding hydrogens is 374 g/mol. The van der Waals surface area contributed by atoms with Gasteiger partial charge in [0.2, 0.25) is 0 Å². The van der Waals surface area contributed by atoms with E-state index in [1.54, 1.807) is 0 Å². The molecule has 0 aliphatic rings. The number of aryl methyl sites for hydroxylation is 1. The summed E-state index contributed by atoms with van der Waals surface area (Å²) < 4.78 is 7.74. The van der Waals surface area contributed by atoms with Crippen molar-refractivity contribution in [1.82, 2.24) is 19.6 Å². The Kier molecular flexibility index (Phi) is 6.23. The first-order valence-electron chi connectivity index (χ1n) is 10.6. The van der Waals surface area contributed by atoms with E-state index in [1.165, 1.54) is 32.0 Å². The molecule has 0 aliphatic carbocycles. The molecule has 2 heterocycles. The van der Waals surface area contributed by atoms with Crippen LogP contribution in [0.15, 0.2) is 60.9 Å². The van der Waals surface area contributed by atoms with Gasteiger partial charge in [-0.05, 0) is 42.8 Å². The van der Waals surface area contributed by atoms with Crippen LogP contribution < -0.4 is 10.5 Å². The third kappa shape index (κ3) is 4.43. The number of rotatable bonds is 9. The summed E-state index contributed by atoms with van der Waals surface area (Å²) in [5, 5.41) is 4.41. The lowest BCUT2D eigenvalue weighted by molar-refractivity contribution is 0.483. The van der Waals surface area contributed by atoms with Gasteiger partial charge in [-0.3, -0.25) is 0 Å². The molecule has 2 N–H and O–H groups in total. The largest absolute Gasteiger partial charge is 0.457 e. The second-order valence-corrected chi connectivity index (χ2v) is 7.39. The number of nitrogen functional groups attached to an aromatic ring is 1. The molecule has 30 heavy (non-hydrogen) atoms. The fraction of sp³-hybridized carbons (Fsp3) is 0.292. The van der Waals surface area contributed by atoms with Crippen LogP contribution in [0.5, 0.6) is 11.5 Å². The van der Waals surface area contributed by atoms with Gasteiger partial charge in [-0.15, -0.1) is 0 Å². The lowest BCUT2D eigenvalue weighted by Crippen LogP contribution is -2.02. The zero-order valence-electron chi connectivity index (χ0n) is 17.3. The Morgan fingerprint density at radius 1 is 0.900 bits per heavy atom. The first kappa shape index (κ1) is 19.9. The number of unbranched alkanes of at least 4 members (excludes halogenated alkanes) is 4. The van der Waals surface area contributed by atoms with Gasteiger partial charge in [-0.1, -0.05) is 50.8 Å². The normalized spacial score (nSPS) is 11.1. The molecule has 0 bridgehead atoms. The second-order valence-electron chi connectivity index (χ2n) is 7.39. The van der Waals surface area contributed by atoms with Gasteiger partial charge in [0.15, 0.2) is 5.82 Å². The van der Waals surface area contributed by atoms with Crippen molar-refractivity contribution >= 4 is 11.3 Å². The maximum absolute atomic E-state index is 6.20. The summed E-state index contributed by atoms with van der Waals surface area (Å²) in [6.07, 6.45) is 8.43. The number of anilines is 1. The third-order valence-corrected chi connectivity index (χ3v) is 5.14. The van der Waals surface area contributed by atoms with Gasteiger partial charge in [-0.2, -0.15) is 5.10 Å². The number of ether oxygens (including phenoxy) is 1. The maximum Gasteiger partial charge on any atom is 0.153 e. The van der Waals surface area contributed by atoms with E-state index in [9.17, 15) is 0 Å². The fourth-order valence-corrected chi connectivity index (χ4v) is 3.57. The first-order valence-corrected chi connectivity index (χ1v) is 10.6. The minimum absolute atomic E-state index is 0.439. The number of nitrogens with zero attached hydrogens (tertiary/aromatic N) is 4. The van der Waals surface area contributed by atoms with Crippen molar-refractivity contribution < 1.29 is 4.74 Å². The number of hydrogen-bond donors (Lipinski definition) is 1. The highest BCUT2D eigenvalue weighted by Gasteiger charge is 2.17. The molecule has 4 aromatic rings. The first-order chi connectivity index (χ1) is 14.8. The van der Waals surface area contributed by atoms with Crippen LogP contribution in [0.3, 0.4) is 0 Å². The lowest BCUT2D eigenvalue weighted by Gasteiger charge is -2.06. The van der Waals surface area contributed by atoms with Crippen LogP contribution in [-0.2, 0) is 6.42 Å². The zero-order valence-corrected chi connectivity index (χ0v) is 17.3. The van der Waals surface area contributed by atoms with E-state index in [2.05, 4.69) is 17.0 Å². The van der Waals surface area contributed by atoms with Gasteiger partial charge in [0.1, 0.15) is 34.9 Å². The van der Waals surface area contributed by atoms with Crippen molar-refractivity contribution in [2.24, 2.45) is 0 Å². The maximum atomic E-state index is 6.20. The van der Waals surface area contributed by atoms with E-state index in [1.807, 2.05) is 59.1 Å². The summed E-state index contributed by atoms with van der Waals surface area (Å²) in [6, 6.07) is 17.6. The Morgan fingerprint density at radius 3 is 2.40 bits per heavy atom. The third-order valence-electron chi connectivity index (χ3n) is 5.14. The molecule has 0 unspecified atom stereocenters. The van der Waals surface area contributed by atoms with Crippen LogP contribution in [0.4, 0.5) is 5.82 Å². The van der Waals surface area contributed by atoms with Crippen LogP contribution >= 0.6 is 0 Å². The molecule has 2 aromatic carbocycles. The minimum Gasteiger partial charge on any atom is -0.457 e. The Labute approximate surface area is 176 Å². The summed E-state index contributed by atoms with van der Waals surface area (Å²) in [5.74, 6) is 2.94. The molecule has 154 valence electrons. The monoisotopic (exact) mass is 401 g/mol. The number of benzene rings is 2. The van der Waals surface area contributed by atoms with Gasteiger partial charge in [0.25, 0.3) is 0 Å². The molecule has 0 radical (unpaired) electrons. The van der Waals surface area contributed by atoms with Crippen LogP contribution in [-0.4, -0.2) is 19.6 Å². The quantitative estimate of drug-likeness (QED) is 0.365. The molecule has 6 heteroatoms. The fourth-order valence-electron chi connectivity index (χ4n) is 3.57. The summed E-state index contributed by atoms with van der Waals surface area (Å²) >= 11 is 0. The van der Waals surface area contributed by atoms with E-state index < -0.39 is 0 Å². The van der Waals surface area contributed by atoms with Crippen LogP contribution in [0.2, 0.25) is 0 Å². The molecular formula is C24H27N5O. The number of fused-ring (bicyclic) bond motifs is 1. The molecule has 0 fully saturated rings. The van der Waals surface area contributed by atoms with Crippen molar-refractivity contribution in [1.29, 1.82) is 0 Å². The highest BCUT2D eigenvalue weighted by molar-refractivity contribution is 5.85. The minimum atomic E-state index is 0.439. The van der Waals surface area contributed by atoms with Gasteiger partial charge in [-0.25, -0.2) is 14.5 Å². The summed E-state index contributed by atoms with van der Waals surface area (Å²) in [5.41, 5.74) is 8.73. The van der Waals surface area contributed by atoms with Crippen LogP contribution in [0, 0.1) is 0 Å². The smallest absolute Gasteiger partial charge is 0.153 e. The summed E-state index contributed by atoms with van der Waals surface area (Å²) in [7, 11) is 0. The Bertz CT molecular complexity index is 1090. The van der Waals surface area contributed by atoms with E-state index >= 15 is 0 Å². The van der Waals surface area contributed by atoms with Gasteiger partial charge >= 0.3 is 0 Å². The molecule has 4 rings (SSSR count). The Balaban J connectivity index is 1.58. The van der Waals surface area contributed by atoms with Crippen molar-refractivity contribution in [3.63, 3.8) is 0 Å². The zero-order chi connectivity index (χ0) is 20.8. The lowest BCUT2D eigenvalue weighted by atomic mass is 10.1. The van der Waals surface area contributed by atoms with Gasteiger partial charge in [0, 0.05) is 12.0 Å². The topological polar surface area (TPSA) is 78.3 Å². The molecule has 2 aromatic heterocycles. The van der Waals surface area contributed by atoms with E-state index in [0.29, 0.717) is 5.82 Å². The molecule has 0 spiro atoms. The number of hydrogen-bond acceptors (Lipinski definition) is 5. The van der Waals surface area contributed by atoms with Crippen LogP contribution in [0.25, 0.3) is 16.8 Å². The van der Waals surface area contributed by atoms with E-state index in [4.69, 9.17) is 15.5 Å². The summed E-state index contributed by atoms with van der Waals surface area (Å²) in [6.45, 7) is 2.23. The van der Waals surface area contributed by atoms with Crippen molar-refractivity contribution in [2.45, 2.75) is 45.4 Å². The predicted molar refractivity (Wildman–Crippen MR) is 120 cm³/mol. The highest BCUT2D eigenvalue weighted by Crippen LogP contribution is 2.30. The predicted octanol–water partition coefficient (Wildman–Crippen LogP) is 5.68. The van der Waals surface area contributed by atoms with Crippen LogP contribution in [0.1, 0.15) is 44.9 Å². The Hall–Kier alpha value is -3.41. The Morgan fingerprint density at radius 2 is 1.63 bits per heavy atom. The standard InChI is InChI=1S/C24H27N5O/c1-2-3-4-5-9-12-21-28-22(23-24(25)26-17-27-29(21)23)18-13-15-20(16-14-18)30-19-10-7-6-8-11-19/h6-8,10-11,13-17H,2-5,9,12H2,1H3,(H2,25,26,27). The van der Waals surface area contributed by atoms with Gasteiger partial charge < -0.3 is 10.5 Å². The molecule has 6 nitrogen and oxygen atoms in total. The number of nitrogens with two attached hydrogens (primary N) is 1. The number of aromatic nitrogens is 4. The second kappa shape index (κ2) is 9.39. The van der Waals surface area contributed by atoms with Crippen molar-refractivity contribution in [3.8, 4) is 22.8 Å². The SMILES string of the molecule is CCCCCCCc1nc(-c2ccc(Oc3ccccc3)cc2)c2c(N)ncnn12. The molecule has 0 saturated heterocycles. The highest BCUT2D eigenvalue weighted by atomic mass is 16.5. The molecule has 0 amide bonds. The summed E-state index contributed by atoms with van der Waals surface area (Å²) in [4.78, 5) is 9.07. The van der Waals surface area contributed by atoms with Gasteiger partial charge in [0.05, 0.1) is 0 Å². The molecule has 0 aliphatic heterocycles. The number of para-hydroxylation sites is 1. The number of imidazole rings is 1. The average Bonchev–Trinajstić information content (AvgIpc) is 3.15. The van der Waals surface area contributed by atoms with E-state index in [0.717, 1.165) is 46.9 Å². The van der Waals surface area contributed by atoms with Crippen molar-refractivity contribution in [2.75, 3.05) is 5.73 Å². The van der Waals surface area contributed by atoms with E-state index in [-0.39, 0.29) is 0 Å².